The molecule has 118 valence electrons. The van der Waals surface area contributed by atoms with Gasteiger partial charge in [-0.15, -0.1) is 0 Å². The molecule has 0 aliphatic rings. The number of aromatic nitrogens is 2. The van der Waals surface area contributed by atoms with E-state index in [1.807, 2.05) is 62.5 Å². The Bertz CT molecular complexity index is 1070. The maximum Gasteiger partial charge on any atom is 0.258 e. The first-order chi connectivity index (χ1) is 11.7. The van der Waals surface area contributed by atoms with Crippen molar-refractivity contribution in [3.63, 3.8) is 0 Å². The average Bonchev–Trinajstić information content (AvgIpc) is 2.88. The molecule has 2 aromatic carbocycles. The normalized spacial score (nSPS) is 11.1. The van der Waals surface area contributed by atoms with Crippen molar-refractivity contribution in [3.8, 4) is 22.5 Å². The molecule has 0 radical (unpaired) electrons. The van der Waals surface area contributed by atoms with Crippen LogP contribution in [0.1, 0.15) is 5.69 Å². The van der Waals surface area contributed by atoms with E-state index in [1.54, 1.807) is 0 Å². The number of H-pyrrole nitrogens is 1. The quantitative estimate of drug-likeness (QED) is 0.581. The Kier molecular flexibility index (Phi) is 3.35. The summed E-state index contributed by atoms with van der Waals surface area (Å²) in [7, 11) is 2.01. The summed E-state index contributed by atoms with van der Waals surface area (Å²) in [5, 5.41) is 1.75. The highest BCUT2D eigenvalue weighted by molar-refractivity contribution is 5.99. The summed E-state index contributed by atoms with van der Waals surface area (Å²) in [6.45, 7) is 1.99. The highest BCUT2D eigenvalue weighted by Gasteiger charge is 2.17. The number of hydrogen-bond donors (Lipinski definition) is 1. The molecule has 1 N–H and O–H groups in total. The lowest BCUT2D eigenvalue weighted by atomic mass is 10.0. The van der Waals surface area contributed by atoms with Crippen molar-refractivity contribution in [1.29, 1.82) is 0 Å². The second-order valence-electron chi connectivity index (χ2n) is 6.03. The lowest BCUT2D eigenvalue weighted by molar-refractivity contribution is 0.897. The molecule has 3 heteroatoms. The standard InChI is InChI=1S/C21H18N2O/c1-14-19-17(20(23(14)2)16-11-7-4-8-12-16)13-18(22-21(19)24)15-9-5-3-6-10-15/h3-13H,1-2H3,(H,22,24). The molecule has 0 saturated carbocycles. The van der Waals surface area contributed by atoms with Crippen LogP contribution in [-0.2, 0) is 7.05 Å². The number of hydrogen-bond acceptors (Lipinski definition) is 1. The van der Waals surface area contributed by atoms with E-state index in [-0.39, 0.29) is 5.56 Å². The molecule has 0 unspecified atom stereocenters. The zero-order chi connectivity index (χ0) is 16.7. The molecule has 0 atom stereocenters. The summed E-state index contributed by atoms with van der Waals surface area (Å²) in [5.74, 6) is 0. The van der Waals surface area contributed by atoms with Gasteiger partial charge < -0.3 is 9.55 Å². The van der Waals surface area contributed by atoms with E-state index in [1.165, 1.54) is 0 Å². The number of benzene rings is 2. The van der Waals surface area contributed by atoms with Crippen LogP contribution in [0.15, 0.2) is 71.5 Å². The fraction of sp³-hybridized carbons (Fsp3) is 0.0952. The maximum atomic E-state index is 12.7. The van der Waals surface area contributed by atoms with Crippen molar-refractivity contribution in [2.45, 2.75) is 6.92 Å². The average molecular weight is 314 g/mol. The zero-order valence-corrected chi connectivity index (χ0v) is 13.7. The molecule has 4 rings (SSSR count). The third-order valence-electron chi connectivity index (χ3n) is 4.62. The van der Waals surface area contributed by atoms with E-state index in [0.717, 1.165) is 39.0 Å². The molecular weight excluding hydrogens is 296 g/mol. The van der Waals surface area contributed by atoms with Gasteiger partial charge in [0.1, 0.15) is 0 Å². The van der Waals surface area contributed by atoms with Crippen molar-refractivity contribution >= 4 is 10.8 Å². The number of aromatic amines is 1. The Morgan fingerprint density at radius 3 is 2.08 bits per heavy atom. The van der Waals surface area contributed by atoms with Crippen LogP contribution < -0.4 is 5.56 Å². The van der Waals surface area contributed by atoms with Crippen LogP contribution in [0.2, 0.25) is 0 Å². The Morgan fingerprint density at radius 1 is 0.875 bits per heavy atom. The van der Waals surface area contributed by atoms with E-state index < -0.39 is 0 Å². The summed E-state index contributed by atoms with van der Waals surface area (Å²) < 4.78 is 2.10. The minimum absolute atomic E-state index is 0.0402. The third kappa shape index (κ3) is 2.17. The number of aryl methyl sites for hydroxylation is 1. The molecule has 0 amide bonds. The number of pyridine rings is 1. The molecule has 0 saturated heterocycles. The summed E-state index contributed by atoms with van der Waals surface area (Å²) in [5.41, 5.74) is 4.98. The Labute approximate surface area is 140 Å². The molecule has 0 bridgehead atoms. The Morgan fingerprint density at radius 2 is 1.46 bits per heavy atom. The first-order valence-corrected chi connectivity index (χ1v) is 8.00. The van der Waals surface area contributed by atoms with Gasteiger partial charge in [0, 0.05) is 23.8 Å². The van der Waals surface area contributed by atoms with E-state index in [9.17, 15) is 4.79 Å². The molecule has 2 heterocycles. The number of fused-ring (bicyclic) bond motifs is 1. The molecule has 0 spiro atoms. The molecule has 3 nitrogen and oxygen atoms in total. The minimum Gasteiger partial charge on any atom is -0.347 e. The van der Waals surface area contributed by atoms with E-state index >= 15 is 0 Å². The second kappa shape index (κ2) is 5.53. The first kappa shape index (κ1) is 14.5. The molecule has 4 aromatic rings. The van der Waals surface area contributed by atoms with Gasteiger partial charge in [0.25, 0.3) is 5.56 Å². The van der Waals surface area contributed by atoms with E-state index in [0.29, 0.717) is 0 Å². The number of rotatable bonds is 2. The first-order valence-electron chi connectivity index (χ1n) is 8.00. The van der Waals surface area contributed by atoms with Crippen LogP contribution in [0, 0.1) is 6.92 Å². The van der Waals surface area contributed by atoms with Gasteiger partial charge in [-0.05, 0) is 24.1 Å². The van der Waals surface area contributed by atoms with Crippen LogP contribution in [0.25, 0.3) is 33.3 Å². The Hall–Kier alpha value is -3.07. The van der Waals surface area contributed by atoms with Gasteiger partial charge in [-0.1, -0.05) is 60.7 Å². The lowest BCUT2D eigenvalue weighted by Crippen LogP contribution is -2.07. The highest BCUT2D eigenvalue weighted by atomic mass is 16.1. The van der Waals surface area contributed by atoms with Crippen molar-refractivity contribution in [1.82, 2.24) is 9.55 Å². The van der Waals surface area contributed by atoms with E-state index in [2.05, 4.69) is 27.8 Å². The van der Waals surface area contributed by atoms with Crippen molar-refractivity contribution in [2.24, 2.45) is 7.05 Å². The maximum absolute atomic E-state index is 12.7. The predicted octanol–water partition coefficient (Wildman–Crippen LogP) is 4.51. The van der Waals surface area contributed by atoms with Crippen molar-refractivity contribution < 1.29 is 0 Å². The largest absolute Gasteiger partial charge is 0.347 e. The summed E-state index contributed by atoms with van der Waals surface area (Å²) in [6.07, 6.45) is 0. The van der Waals surface area contributed by atoms with Crippen LogP contribution in [0.3, 0.4) is 0 Å². The summed E-state index contributed by atoms with van der Waals surface area (Å²) >= 11 is 0. The van der Waals surface area contributed by atoms with Crippen molar-refractivity contribution in [2.75, 3.05) is 0 Å². The fourth-order valence-electron chi connectivity index (χ4n) is 3.34. The van der Waals surface area contributed by atoms with Crippen LogP contribution in [-0.4, -0.2) is 9.55 Å². The predicted molar refractivity (Wildman–Crippen MR) is 99.1 cm³/mol. The third-order valence-corrected chi connectivity index (χ3v) is 4.62. The summed E-state index contributed by atoms with van der Waals surface area (Å²) in [6, 6.07) is 22.2. The molecule has 0 fully saturated rings. The zero-order valence-electron chi connectivity index (χ0n) is 13.7. The van der Waals surface area contributed by atoms with Gasteiger partial charge in [0.2, 0.25) is 0 Å². The fourth-order valence-corrected chi connectivity index (χ4v) is 3.34. The Balaban J connectivity index is 2.09. The summed E-state index contributed by atoms with van der Waals surface area (Å²) in [4.78, 5) is 15.8. The van der Waals surface area contributed by atoms with Gasteiger partial charge in [-0.2, -0.15) is 0 Å². The molecule has 2 aromatic heterocycles. The highest BCUT2D eigenvalue weighted by Crippen LogP contribution is 2.33. The molecular formula is C21H18N2O. The minimum atomic E-state index is -0.0402. The molecule has 0 aliphatic carbocycles. The SMILES string of the molecule is Cc1c2c(=O)[nH]c(-c3ccccc3)cc2c(-c2ccccc2)n1C. The smallest absolute Gasteiger partial charge is 0.258 e. The van der Waals surface area contributed by atoms with Crippen LogP contribution >= 0.6 is 0 Å². The molecule has 24 heavy (non-hydrogen) atoms. The van der Waals surface area contributed by atoms with Gasteiger partial charge in [0.05, 0.1) is 11.1 Å². The van der Waals surface area contributed by atoms with Gasteiger partial charge in [-0.25, -0.2) is 0 Å². The van der Waals surface area contributed by atoms with Gasteiger partial charge in [0.15, 0.2) is 0 Å². The monoisotopic (exact) mass is 314 g/mol. The van der Waals surface area contributed by atoms with Crippen molar-refractivity contribution in [3.05, 3.63) is 82.8 Å². The van der Waals surface area contributed by atoms with Crippen LogP contribution in [0.5, 0.6) is 0 Å². The van der Waals surface area contributed by atoms with Crippen LogP contribution in [0.4, 0.5) is 0 Å². The number of nitrogens with zero attached hydrogens (tertiary/aromatic N) is 1. The second-order valence-corrected chi connectivity index (χ2v) is 6.03. The van der Waals surface area contributed by atoms with E-state index in [4.69, 9.17) is 0 Å². The number of nitrogens with one attached hydrogen (secondary N) is 1. The topological polar surface area (TPSA) is 37.8 Å². The molecule has 0 aliphatic heterocycles. The van der Waals surface area contributed by atoms with Gasteiger partial charge in [-0.3, -0.25) is 4.79 Å². The van der Waals surface area contributed by atoms with Gasteiger partial charge >= 0.3 is 0 Å². The lowest BCUT2D eigenvalue weighted by Gasteiger charge is -2.06.